The molecule has 0 unspecified atom stereocenters. The standard InChI is InChI=1S/C12H14N4S/c13-6-2-1-3-7-17-12-15-10-5-4-9(14)8-11(10)16-12/h4-5,8H,1-3,7,14H2,(H,15,16). The van der Waals surface area contributed by atoms with Crippen LogP contribution in [0.2, 0.25) is 0 Å². The van der Waals surface area contributed by atoms with E-state index in [9.17, 15) is 0 Å². The lowest BCUT2D eigenvalue weighted by Crippen LogP contribution is -1.82. The molecule has 1 aromatic carbocycles. The molecule has 0 radical (unpaired) electrons. The zero-order valence-corrected chi connectivity index (χ0v) is 10.3. The zero-order chi connectivity index (χ0) is 12.1. The van der Waals surface area contributed by atoms with Gasteiger partial charge in [-0.3, -0.25) is 0 Å². The highest BCUT2D eigenvalue weighted by molar-refractivity contribution is 7.99. The van der Waals surface area contributed by atoms with E-state index in [0.29, 0.717) is 6.42 Å². The number of H-pyrrole nitrogens is 1. The Labute approximate surface area is 104 Å². The normalized spacial score (nSPS) is 10.5. The number of nitrogen functional groups attached to an aromatic ring is 1. The van der Waals surface area contributed by atoms with Gasteiger partial charge in [0.1, 0.15) is 0 Å². The Morgan fingerprint density at radius 2 is 2.29 bits per heavy atom. The summed E-state index contributed by atoms with van der Waals surface area (Å²) in [5.41, 5.74) is 8.36. The lowest BCUT2D eigenvalue weighted by Gasteiger charge is -1.94. The van der Waals surface area contributed by atoms with E-state index in [1.807, 2.05) is 18.2 Å². The number of thioether (sulfide) groups is 1. The predicted molar refractivity (Wildman–Crippen MR) is 70.7 cm³/mol. The van der Waals surface area contributed by atoms with E-state index in [1.165, 1.54) is 0 Å². The summed E-state index contributed by atoms with van der Waals surface area (Å²) in [7, 11) is 0. The molecule has 0 fully saturated rings. The van der Waals surface area contributed by atoms with E-state index in [2.05, 4.69) is 16.0 Å². The number of imidazole rings is 1. The predicted octanol–water partition coefficient (Wildman–Crippen LogP) is 2.93. The number of unbranched alkanes of at least 4 members (excludes halogenated alkanes) is 2. The number of benzene rings is 1. The number of anilines is 1. The number of nitriles is 1. The molecule has 0 saturated carbocycles. The number of aromatic nitrogens is 2. The Morgan fingerprint density at radius 1 is 1.41 bits per heavy atom. The van der Waals surface area contributed by atoms with Gasteiger partial charge in [0.2, 0.25) is 0 Å². The van der Waals surface area contributed by atoms with Gasteiger partial charge in [0, 0.05) is 17.9 Å². The van der Waals surface area contributed by atoms with Gasteiger partial charge >= 0.3 is 0 Å². The number of nitrogens with two attached hydrogens (primary N) is 1. The smallest absolute Gasteiger partial charge is 0.166 e. The third-order valence-electron chi connectivity index (χ3n) is 2.41. The first-order valence-corrected chi connectivity index (χ1v) is 6.53. The van der Waals surface area contributed by atoms with Crippen LogP contribution in [0.3, 0.4) is 0 Å². The molecule has 1 aromatic heterocycles. The third kappa shape index (κ3) is 3.14. The second-order valence-corrected chi connectivity index (χ2v) is 4.87. The lowest BCUT2D eigenvalue weighted by molar-refractivity contribution is 0.828. The maximum absolute atomic E-state index is 8.42. The maximum Gasteiger partial charge on any atom is 0.166 e. The second-order valence-electron chi connectivity index (χ2n) is 3.78. The van der Waals surface area contributed by atoms with Crippen LogP contribution < -0.4 is 5.73 Å². The van der Waals surface area contributed by atoms with E-state index in [0.717, 1.165) is 40.5 Å². The van der Waals surface area contributed by atoms with Gasteiger partial charge in [0.15, 0.2) is 5.16 Å². The van der Waals surface area contributed by atoms with E-state index >= 15 is 0 Å². The topological polar surface area (TPSA) is 78.5 Å². The summed E-state index contributed by atoms with van der Waals surface area (Å²) >= 11 is 1.69. The molecule has 0 saturated heterocycles. The van der Waals surface area contributed by atoms with E-state index in [4.69, 9.17) is 11.0 Å². The van der Waals surface area contributed by atoms with Crippen LogP contribution in [0.5, 0.6) is 0 Å². The van der Waals surface area contributed by atoms with Gasteiger partial charge in [-0.05, 0) is 31.0 Å². The molecule has 5 heteroatoms. The summed E-state index contributed by atoms with van der Waals surface area (Å²) in [6.07, 6.45) is 2.63. The van der Waals surface area contributed by atoms with Crippen LogP contribution in [0, 0.1) is 11.3 Å². The minimum atomic E-state index is 0.636. The average molecular weight is 246 g/mol. The number of aromatic amines is 1. The molecule has 0 aliphatic carbocycles. The highest BCUT2D eigenvalue weighted by Gasteiger charge is 2.03. The van der Waals surface area contributed by atoms with Crippen molar-refractivity contribution in [3.05, 3.63) is 18.2 Å². The number of rotatable bonds is 5. The van der Waals surface area contributed by atoms with Crippen molar-refractivity contribution < 1.29 is 0 Å². The number of nitrogens with one attached hydrogen (secondary N) is 1. The molecular weight excluding hydrogens is 232 g/mol. The zero-order valence-electron chi connectivity index (χ0n) is 9.44. The van der Waals surface area contributed by atoms with Crippen molar-refractivity contribution in [1.82, 2.24) is 9.97 Å². The molecule has 0 spiro atoms. The summed E-state index contributed by atoms with van der Waals surface area (Å²) in [6.45, 7) is 0. The van der Waals surface area contributed by atoms with Crippen LogP contribution in [0.4, 0.5) is 5.69 Å². The molecule has 0 amide bonds. The highest BCUT2D eigenvalue weighted by atomic mass is 32.2. The summed E-state index contributed by atoms with van der Waals surface area (Å²) in [4.78, 5) is 7.69. The first kappa shape index (κ1) is 11.8. The van der Waals surface area contributed by atoms with Gasteiger partial charge in [0.05, 0.1) is 17.1 Å². The molecule has 0 aliphatic heterocycles. The van der Waals surface area contributed by atoms with Crippen LogP contribution in [-0.4, -0.2) is 15.7 Å². The Balaban J connectivity index is 1.93. The van der Waals surface area contributed by atoms with Crippen molar-refractivity contribution in [1.29, 1.82) is 5.26 Å². The summed E-state index contributed by atoms with van der Waals surface area (Å²) in [5, 5.41) is 9.34. The molecule has 0 atom stereocenters. The third-order valence-corrected chi connectivity index (χ3v) is 3.37. The molecule has 0 aliphatic rings. The van der Waals surface area contributed by atoms with Gasteiger partial charge in [0.25, 0.3) is 0 Å². The number of hydrogen-bond donors (Lipinski definition) is 2. The minimum absolute atomic E-state index is 0.636. The summed E-state index contributed by atoms with van der Waals surface area (Å²) < 4.78 is 0. The van der Waals surface area contributed by atoms with Gasteiger partial charge in [-0.1, -0.05) is 11.8 Å². The fraction of sp³-hybridized carbons (Fsp3) is 0.333. The van der Waals surface area contributed by atoms with Gasteiger partial charge in [-0.25, -0.2) is 4.98 Å². The Hall–Kier alpha value is -1.67. The van der Waals surface area contributed by atoms with Crippen LogP contribution in [0.1, 0.15) is 19.3 Å². The summed E-state index contributed by atoms with van der Waals surface area (Å²) in [6, 6.07) is 7.81. The highest BCUT2D eigenvalue weighted by Crippen LogP contribution is 2.21. The number of fused-ring (bicyclic) bond motifs is 1. The fourth-order valence-electron chi connectivity index (χ4n) is 1.55. The molecule has 2 aromatic rings. The van der Waals surface area contributed by atoms with E-state index < -0.39 is 0 Å². The van der Waals surface area contributed by atoms with Crippen molar-refractivity contribution in [2.45, 2.75) is 24.4 Å². The second kappa shape index (κ2) is 5.60. The fourth-order valence-corrected chi connectivity index (χ4v) is 2.43. The monoisotopic (exact) mass is 246 g/mol. The molecule has 3 N–H and O–H groups in total. The number of nitrogens with zero attached hydrogens (tertiary/aromatic N) is 2. The van der Waals surface area contributed by atoms with E-state index in [-0.39, 0.29) is 0 Å². The first-order valence-electron chi connectivity index (χ1n) is 5.54. The van der Waals surface area contributed by atoms with Crippen molar-refractivity contribution >= 4 is 28.5 Å². The molecular formula is C12H14N4S. The van der Waals surface area contributed by atoms with Gasteiger partial charge < -0.3 is 10.7 Å². The molecule has 17 heavy (non-hydrogen) atoms. The Bertz CT molecular complexity index is 541. The van der Waals surface area contributed by atoms with Crippen molar-refractivity contribution in [2.75, 3.05) is 11.5 Å². The largest absolute Gasteiger partial charge is 0.399 e. The Morgan fingerprint density at radius 3 is 3.12 bits per heavy atom. The maximum atomic E-state index is 8.42. The average Bonchev–Trinajstić information content (AvgIpc) is 2.70. The molecule has 1 heterocycles. The van der Waals surface area contributed by atoms with Crippen LogP contribution in [0.25, 0.3) is 11.0 Å². The lowest BCUT2D eigenvalue weighted by atomic mass is 10.3. The van der Waals surface area contributed by atoms with Crippen molar-refractivity contribution in [3.8, 4) is 6.07 Å². The van der Waals surface area contributed by atoms with Crippen LogP contribution >= 0.6 is 11.8 Å². The molecule has 4 nitrogen and oxygen atoms in total. The van der Waals surface area contributed by atoms with Gasteiger partial charge in [-0.2, -0.15) is 5.26 Å². The Kier molecular flexibility index (Phi) is 3.89. The van der Waals surface area contributed by atoms with Crippen molar-refractivity contribution in [3.63, 3.8) is 0 Å². The summed E-state index contributed by atoms with van der Waals surface area (Å²) in [5.74, 6) is 0.983. The molecule has 0 bridgehead atoms. The molecule has 2 rings (SSSR count). The first-order chi connectivity index (χ1) is 8.29. The SMILES string of the molecule is N#CCCCCSc1nc2ccc(N)cc2[nH]1. The van der Waals surface area contributed by atoms with E-state index in [1.54, 1.807) is 11.8 Å². The van der Waals surface area contributed by atoms with Gasteiger partial charge in [-0.15, -0.1) is 0 Å². The quantitative estimate of drug-likeness (QED) is 0.483. The van der Waals surface area contributed by atoms with Crippen molar-refractivity contribution in [2.24, 2.45) is 0 Å². The van der Waals surface area contributed by atoms with Crippen LogP contribution in [-0.2, 0) is 0 Å². The van der Waals surface area contributed by atoms with Crippen LogP contribution in [0.15, 0.2) is 23.4 Å². The molecule has 88 valence electrons. The minimum Gasteiger partial charge on any atom is -0.399 e. The number of hydrogen-bond acceptors (Lipinski definition) is 4.